The summed E-state index contributed by atoms with van der Waals surface area (Å²) in [6, 6.07) is 8.72. The van der Waals surface area contributed by atoms with Gasteiger partial charge in [-0.05, 0) is 36.9 Å². The Balaban J connectivity index is 0.000000167. The highest BCUT2D eigenvalue weighted by Gasteiger charge is 2.14. The first-order valence-electron chi connectivity index (χ1n) is 9.15. The van der Waals surface area contributed by atoms with E-state index in [-0.39, 0.29) is 5.91 Å². The SMILES string of the molecule is CN1CCc2ccccc2C1.CNC(=O)CCC1CCCCC1. The Morgan fingerprint density at radius 3 is 2.57 bits per heavy atom. The quantitative estimate of drug-likeness (QED) is 0.920. The van der Waals surface area contributed by atoms with Crippen LogP contribution in [0.15, 0.2) is 24.3 Å². The molecule has 0 saturated heterocycles. The summed E-state index contributed by atoms with van der Waals surface area (Å²) < 4.78 is 0. The molecule has 3 heteroatoms. The van der Waals surface area contributed by atoms with Gasteiger partial charge in [0.1, 0.15) is 0 Å². The molecule has 1 N–H and O–H groups in total. The van der Waals surface area contributed by atoms with Crippen molar-refractivity contribution >= 4 is 5.91 Å². The molecule has 1 amide bonds. The van der Waals surface area contributed by atoms with Gasteiger partial charge in [-0.1, -0.05) is 56.4 Å². The highest BCUT2D eigenvalue weighted by atomic mass is 16.1. The van der Waals surface area contributed by atoms with Crippen molar-refractivity contribution in [3.8, 4) is 0 Å². The van der Waals surface area contributed by atoms with Crippen LogP contribution in [-0.4, -0.2) is 31.4 Å². The Morgan fingerprint density at radius 1 is 1.17 bits per heavy atom. The highest BCUT2D eigenvalue weighted by molar-refractivity contribution is 5.75. The summed E-state index contributed by atoms with van der Waals surface area (Å²) in [7, 11) is 3.89. The molecule has 1 fully saturated rings. The Hall–Kier alpha value is -1.35. The van der Waals surface area contributed by atoms with Crippen molar-refractivity contribution in [3.63, 3.8) is 0 Å². The van der Waals surface area contributed by atoms with Gasteiger partial charge in [-0.3, -0.25) is 4.79 Å². The Kier molecular flexibility index (Phi) is 7.60. The number of fused-ring (bicyclic) bond motifs is 1. The van der Waals surface area contributed by atoms with Crippen LogP contribution in [0.4, 0.5) is 0 Å². The van der Waals surface area contributed by atoms with Crippen LogP contribution in [0.1, 0.15) is 56.1 Å². The summed E-state index contributed by atoms with van der Waals surface area (Å²) in [6.07, 6.45) is 9.87. The number of hydrogen-bond donors (Lipinski definition) is 1. The first-order valence-corrected chi connectivity index (χ1v) is 9.15. The van der Waals surface area contributed by atoms with E-state index in [2.05, 4.69) is 41.5 Å². The first kappa shape index (κ1) is 18.0. The fourth-order valence-corrected chi connectivity index (χ4v) is 3.57. The maximum Gasteiger partial charge on any atom is 0.219 e. The average molecular weight is 316 g/mol. The number of carbonyl (C=O) groups is 1. The lowest BCUT2D eigenvalue weighted by Gasteiger charge is -2.24. The summed E-state index contributed by atoms with van der Waals surface area (Å²) in [4.78, 5) is 13.3. The van der Waals surface area contributed by atoms with Gasteiger partial charge >= 0.3 is 0 Å². The van der Waals surface area contributed by atoms with Gasteiger partial charge in [0.05, 0.1) is 0 Å². The number of nitrogens with zero attached hydrogens (tertiary/aromatic N) is 1. The number of hydrogen-bond acceptors (Lipinski definition) is 2. The van der Waals surface area contributed by atoms with Gasteiger partial charge < -0.3 is 10.2 Å². The molecule has 1 aliphatic heterocycles. The van der Waals surface area contributed by atoms with Gasteiger partial charge in [-0.15, -0.1) is 0 Å². The van der Waals surface area contributed by atoms with E-state index in [1.165, 1.54) is 56.2 Å². The van der Waals surface area contributed by atoms with Gasteiger partial charge in [-0.25, -0.2) is 0 Å². The largest absolute Gasteiger partial charge is 0.359 e. The van der Waals surface area contributed by atoms with Crippen LogP contribution in [-0.2, 0) is 17.8 Å². The van der Waals surface area contributed by atoms with E-state index in [0.717, 1.165) is 25.3 Å². The van der Waals surface area contributed by atoms with Crippen molar-refractivity contribution in [2.75, 3.05) is 20.6 Å². The van der Waals surface area contributed by atoms with Gasteiger partial charge in [-0.2, -0.15) is 0 Å². The molecule has 1 aliphatic carbocycles. The van der Waals surface area contributed by atoms with E-state index in [1.54, 1.807) is 7.05 Å². The van der Waals surface area contributed by atoms with Gasteiger partial charge in [0.15, 0.2) is 0 Å². The molecule has 128 valence electrons. The summed E-state index contributed by atoms with van der Waals surface area (Å²) >= 11 is 0. The molecule has 1 heterocycles. The second-order valence-corrected chi connectivity index (χ2v) is 6.97. The summed E-state index contributed by atoms with van der Waals surface area (Å²) in [6.45, 7) is 2.33. The van der Waals surface area contributed by atoms with E-state index >= 15 is 0 Å². The zero-order chi connectivity index (χ0) is 16.5. The number of rotatable bonds is 3. The van der Waals surface area contributed by atoms with Gasteiger partial charge in [0.2, 0.25) is 5.91 Å². The van der Waals surface area contributed by atoms with Crippen LogP contribution in [0, 0.1) is 5.92 Å². The number of likely N-dealkylation sites (N-methyl/N-ethyl adjacent to an activating group) is 1. The zero-order valence-corrected chi connectivity index (χ0v) is 14.8. The van der Waals surface area contributed by atoms with Crippen LogP contribution in [0.3, 0.4) is 0 Å². The second kappa shape index (κ2) is 9.71. The maximum atomic E-state index is 10.9. The second-order valence-electron chi connectivity index (χ2n) is 6.97. The van der Waals surface area contributed by atoms with E-state index in [4.69, 9.17) is 0 Å². The Morgan fingerprint density at radius 2 is 1.87 bits per heavy atom. The monoisotopic (exact) mass is 316 g/mol. The lowest BCUT2D eigenvalue weighted by molar-refractivity contribution is -0.120. The molecule has 0 spiro atoms. The molecule has 3 nitrogen and oxygen atoms in total. The van der Waals surface area contributed by atoms with E-state index < -0.39 is 0 Å². The molecule has 1 saturated carbocycles. The third-order valence-corrected chi connectivity index (χ3v) is 5.10. The summed E-state index contributed by atoms with van der Waals surface area (Å²) in [5.74, 6) is 1.02. The molecule has 0 bridgehead atoms. The normalized spacial score (nSPS) is 18.5. The van der Waals surface area contributed by atoms with Crippen molar-refractivity contribution in [3.05, 3.63) is 35.4 Å². The summed E-state index contributed by atoms with van der Waals surface area (Å²) in [5, 5.41) is 2.67. The topological polar surface area (TPSA) is 32.3 Å². The molecule has 1 aromatic carbocycles. The molecule has 0 atom stereocenters. The van der Waals surface area contributed by atoms with Crippen LogP contribution in [0.5, 0.6) is 0 Å². The average Bonchev–Trinajstić information content (AvgIpc) is 2.61. The Labute approximate surface area is 141 Å². The predicted octanol–water partition coefficient (Wildman–Crippen LogP) is 3.77. The molecular weight excluding hydrogens is 284 g/mol. The minimum absolute atomic E-state index is 0.195. The van der Waals surface area contributed by atoms with Crippen LogP contribution in [0.2, 0.25) is 0 Å². The van der Waals surface area contributed by atoms with Crippen LogP contribution < -0.4 is 5.32 Å². The number of carbonyl (C=O) groups excluding carboxylic acids is 1. The smallest absolute Gasteiger partial charge is 0.219 e. The lowest BCUT2D eigenvalue weighted by atomic mass is 9.86. The van der Waals surface area contributed by atoms with Crippen molar-refractivity contribution in [1.82, 2.24) is 10.2 Å². The predicted molar refractivity (Wildman–Crippen MR) is 96.4 cm³/mol. The number of nitrogens with one attached hydrogen (secondary N) is 1. The Bertz CT molecular complexity index is 480. The van der Waals surface area contributed by atoms with Crippen molar-refractivity contribution in [2.24, 2.45) is 5.92 Å². The minimum Gasteiger partial charge on any atom is -0.359 e. The third-order valence-electron chi connectivity index (χ3n) is 5.10. The number of amides is 1. The van der Waals surface area contributed by atoms with Gasteiger partial charge in [0.25, 0.3) is 0 Å². The van der Waals surface area contributed by atoms with Crippen molar-refractivity contribution < 1.29 is 4.79 Å². The first-order chi connectivity index (χ1) is 11.2. The van der Waals surface area contributed by atoms with Crippen LogP contribution in [0.25, 0.3) is 0 Å². The van der Waals surface area contributed by atoms with E-state index in [9.17, 15) is 4.79 Å². The lowest BCUT2D eigenvalue weighted by Crippen LogP contribution is -2.26. The van der Waals surface area contributed by atoms with Crippen molar-refractivity contribution in [1.29, 1.82) is 0 Å². The fourth-order valence-electron chi connectivity index (χ4n) is 3.57. The standard InChI is InChI=1S/C10H19NO.C10H13N/c1-11-10(12)8-7-9-5-3-2-4-6-9;1-11-7-6-9-4-2-3-5-10(9)8-11/h9H,2-8H2,1H3,(H,11,12);2-5H,6-8H2,1H3. The molecule has 0 unspecified atom stereocenters. The molecule has 3 rings (SSSR count). The van der Waals surface area contributed by atoms with Crippen molar-refractivity contribution in [2.45, 2.75) is 57.9 Å². The molecule has 0 radical (unpaired) electrons. The molecule has 2 aliphatic rings. The van der Waals surface area contributed by atoms with E-state index in [1.807, 2.05) is 0 Å². The number of benzene rings is 1. The highest BCUT2D eigenvalue weighted by Crippen LogP contribution is 2.27. The van der Waals surface area contributed by atoms with E-state index in [0.29, 0.717) is 0 Å². The van der Waals surface area contributed by atoms with Crippen LogP contribution >= 0.6 is 0 Å². The molecule has 0 aromatic heterocycles. The fraction of sp³-hybridized carbons (Fsp3) is 0.650. The minimum atomic E-state index is 0.195. The third kappa shape index (κ3) is 6.34. The zero-order valence-electron chi connectivity index (χ0n) is 14.8. The molecular formula is C20H32N2O. The summed E-state index contributed by atoms with van der Waals surface area (Å²) in [5.41, 5.74) is 3.03. The van der Waals surface area contributed by atoms with Gasteiger partial charge in [0, 0.05) is 26.6 Å². The maximum absolute atomic E-state index is 10.9. The molecule has 23 heavy (non-hydrogen) atoms. The molecule has 1 aromatic rings.